The summed E-state index contributed by atoms with van der Waals surface area (Å²) in [4.78, 5) is 11.5. The molecule has 18 heavy (non-hydrogen) atoms. The number of amides is 1. The molecule has 1 aromatic rings. The van der Waals surface area contributed by atoms with Gasteiger partial charge in [0.1, 0.15) is 0 Å². The topological polar surface area (TPSA) is 64.3 Å². The molecule has 0 spiro atoms. The molecule has 0 fully saturated rings. The zero-order valence-corrected chi connectivity index (χ0v) is 11.5. The van der Waals surface area contributed by atoms with Crippen molar-refractivity contribution in [3.05, 3.63) is 23.2 Å². The summed E-state index contributed by atoms with van der Waals surface area (Å²) in [5.74, 6) is 0.749. The van der Waals surface area contributed by atoms with Crippen LogP contribution in [0.5, 0.6) is 5.75 Å². The Morgan fingerprint density at radius 2 is 2.22 bits per heavy atom. The second-order valence-electron chi connectivity index (χ2n) is 4.48. The summed E-state index contributed by atoms with van der Waals surface area (Å²) in [7, 11) is 0. The second kappa shape index (κ2) is 7.11. The molecule has 0 saturated carbocycles. The van der Waals surface area contributed by atoms with Crippen LogP contribution in [0.4, 0.5) is 5.69 Å². The number of anilines is 1. The summed E-state index contributed by atoms with van der Waals surface area (Å²) >= 11 is 5.92. The Labute approximate surface area is 112 Å². The minimum atomic E-state index is -0.171. The van der Waals surface area contributed by atoms with E-state index in [0.29, 0.717) is 28.9 Å². The van der Waals surface area contributed by atoms with Gasteiger partial charge in [-0.1, -0.05) is 31.5 Å². The molecule has 1 amide bonds. The van der Waals surface area contributed by atoms with Crippen molar-refractivity contribution in [3.8, 4) is 5.75 Å². The van der Waals surface area contributed by atoms with E-state index in [1.807, 2.05) is 0 Å². The van der Waals surface area contributed by atoms with Gasteiger partial charge < -0.3 is 15.8 Å². The van der Waals surface area contributed by atoms with Crippen molar-refractivity contribution in [2.24, 2.45) is 5.92 Å². The molecule has 4 nitrogen and oxygen atoms in total. The lowest BCUT2D eigenvalue weighted by molar-refractivity contribution is -0.123. The third-order valence-electron chi connectivity index (χ3n) is 2.39. The Morgan fingerprint density at radius 3 is 2.83 bits per heavy atom. The standard InChI is InChI=1S/C13H19ClN2O2/c1-9(2)6-7-16-12(17)8-18-13-10(14)4-3-5-11(13)15/h3-5,9H,6-8,15H2,1-2H3,(H,16,17). The fourth-order valence-corrected chi connectivity index (χ4v) is 1.60. The maximum absolute atomic E-state index is 11.5. The first-order valence-electron chi connectivity index (χ1n) is 5.94. The van der Waals surface area contributed by atoms with Gasteiger partial charge in [-0.25, -0.2) is 0 Å². The van der Waals surface area contributed by atoms with Gasteiger partial charge in [0.05, 0.1) is 10.7 Å². The van der Waals surface area contributed by atoms with E-state index in [0.717, 1.165) is 6.42 Å². The molecule has 0 bridgehead atoms. The largest absolute Gasteiger partial charge is 0.480 e. The number of hydrogen-bond acceptors (Lipinski definition) is 3. The molecule has 0 atom stereocenters. The van der Waals surface area contributed by atoms with Crippen LogP contribution in [-0.4, -0.2) is 19.1 Å². The van der Waals surface area contributed by atoms with E-state index < -0.39 is 0 Å². The summed E-state index contributed by atoms with van der Waals surface area (Å²) < 4.78 is 5.32. The first-order chi connectivity index (χ1) is 8.50. The van der Waals surface area contributed by atoms with Crippen molar-refractivity contribution in [2.75, 3.05) is 18.9 Å². The molecule has 1 rings (SSSR count). The molecule has 3 N–H and O–H groups in total. The minimum Gasteiger partial charge on any atom is -0.480 e. The molecule has 0 aliphatic heterocycles. The molecule has 0 saturated heterocycles. The molecule has 0 unspecified atom stereocenters. The highest BCUT2D eigenvalue weighted by Crippen LogP contribution is 2.30. The van der Waals surface area contributed by atoms with Crippen molar-refractivity contribution in [2.45, 2.75) is 20.3 Å². The van der Waals surface area contributed by atoms with Crippen molar-refractivity contribution in [1.29, 1.82) is 0 Å². The number of para-hydroxylation sites is 1. The van der Waals surface area contributed by atoms with Gasteiger partial charge in [-0.3, -0.25) is 4.79 Å². The van der Waals surface area contributed by atoms with Crippen LogP contribution in [0.25, 0.3) is 0 Å². The third-order valence-corrected chi connectivity index (χ3v) is 2.69. The highest BCUT2D eigenvalue weighted by Gasteiger charge is 2.08. The number of hydrogen-bond donors (Lipinski definition) is 2. The van der Waals surface area contributed by atoms with Gasteiger partial charge in [0.15, 0.2) is 12.4 Å². The summed E-state index contributed by atoms with van der Waals surface area (Å²) in [5, 5.41) is 3.18. The highest BCUT2D eigenvalue weighted by molar-refractivity contribution is 6.32. The Kier molecular flexibility index (Phi) is 5.78. The Hall–Kier alpha value is -1.42. The van der Waals surface area contributed by atoms with Crippen LogP contribution in [0.1, 0.15) is 20.3 Å². The van der Waals surface area contributed by atoms with Crippen molar-refractivity contribution >= 4 is 23.2 Å². The number of benzene rings is 1. The van der Waals surface area contributed by atoms with Crippen LogP contribution in [0.3, 0.4) is 0 Å². The number of nitrogens with one attached hydrogen (secondary N) is 1. The quantitative estimate of drug-likeness (QED) is 0.781. The van der Waals surface area contributed by atoms with Crippen LogP contribution in [0.15, 0.2) is 18.2 Å². The van der Waals surface area contributed by atoms with Gasteiger partial charge in [0.2, 0.25) is 0 Å². The van der Waals surface area contributed by atoms with Crippen molar-refractivity contribution < 1.29 is 9.53 Å². The number of ether oxygens (including phenoxy) is 1. The van der Waals surface area contributed by atoms with E-state index in [1.165, 1.54) is 0 Å². The molecular formula is C13H19ClN2O2. The normalized spacial score (nSPS) is 10.4. The smallest absolute Gasteiger partial charge is 0.257 e. The Morgan fingerprint density at radius 1 is 1.50 bits per heavy atom. The number of halogens is 1. The van der Waals surface area contributed by atoms with Gasteiger partial charge in [-0.2, -0.15) is 0 Å². The molecule has 0 radical (unpaired) electrons. The van der Waals surface area contributed by atoms with Crippen molar-refractivity contribution in [1.82, 2.24) is 5.32 Å². The van der Waals surface area contributed by atoms with Gasteiger partial charge in [-0.05, 0) is 24.5 Å². The number of carbonyl (C=O) groups is 1. The highest BCUT2D eigenvalue weighted by atomic mass is 35.5. The molecular weight excluding hydrogens is 252 g/mol. The first-order valence-corrected chi connectivity index (χ1v) is 6.32. The van der Waals surface area contributed by atoms with Gasteiger partial charge in [0.25, 0.3) is 5.91 Å². The SMILES string of the molecule is CC(C)CCNC(=O)COc1c(N)cccc1Cl. The molecule has 5 heteroatoms. The van der Waals surface area contributed by atoms with E-state index in [4.69, 9.17) is 22.1 Å². The molecule has 0 aliphatic carbocycles. The average molecular weight is 271 g/mol. The predicted molar refractivity (Wildman–Crippen MR) is 73.8 cm³/mol. The van der Waals surface area contributed by atoms with Crippen molar-refractivity contribution in [3.63, 3.8) is 0 Å². The number of rotatable bonds is 6. The van der Waals surface area contributed by atoms with E-state index >= 15 is 0 Å². The Bertz CT molecular complexity index is 388. The average Bonchev–Trinajstić information content (AvgIpc) is 2.27. The van der Waals surface area contributed by atoms with E-state index in [-0.39, 0.29) is 12.5 Å². The van der Waals surface area contributed by atoms with Gasteiger partial charge >= 0.3 is 0 Å². The summed E-state index contributed by atoms with van der Waals surface area (Å²) in [6, 6.07) is 5.08. The lowest BCUT2D eigenvalue weighted by Crippen LogP contribution is -2.30. The summed E-state index contributed by atoms with van der Waals surface area (Å²) in [6.45, 7) is 4.78. The number of nitrogens with two attached hydrogens (primary N) is 1. The number of carbonyl (C=O) groups excluding carboxylic acids is 1. The minimum absolute atomic E-state index is 0.0774. The fraction of sp³-hybridized carbons (Fsp3) is 0.462. The molecule has 0 aromatic heterocycles. The molecule has 100 valence electrons. The monoisotopic (exact) mass is 270 g/mol. The van der Waals surface area contributed by atoms with E-state index in [9.17, 15) is 4.79 Å². The maximum Gasteiger partial charge on any atom is 0.257 e. The lowest BCUT2D eigenvalue weighted by Gasteiger charge is -2.11. The fourth-order valence-electron chi connectivity index (χ4n) is 1.37. The lowest BCUT2D eigenvalue weighted by atomic mass is 10.1. The number of nitrogen functional groups attached to an aromatic ring is 1. The van der Waals surface area contributed by atoms with Crippen LogP contribution in [0, 0.1) is 5.92 Å². The predicted octanol–water partition coefficient (Wildman–Crippen LogP) is 2.46. The zero-order chi connectivity index (χ0) is 13.5. The third kappa shape index (κ3) is 4.84. The second-order valence-corrected chi connectivity index (χ2v) is 4.89. The van der Waals surface area contributed by atoms with E-state index in [2.05, 4.69) is 19.2 Å². The van der Waals surface area contributed by atoms with Crippen LogP contribution >= 0.6 is 11.6 Å². The van der Waals surface area contributed by atoms with E-state index in [1.54, 1.807) is 18.2 Å². The molecule has 1 aromatic carbocycles. The van der Waals surface area contributed by atoms with Crippen LogP contribution in [0.2, 0.25) is 5.02 Å². The van der Waals surface area contributed by atoms with Gasteiger partial charge in [-0.15, -0.1) is 0 Å². The van der Waals surface area contributed by atoms with Crippen LogP contribution in [-0.2, 0) is 4.79 Å². The summed E-state index contributed by atoms with van der Waals surface area (Å²) in [6.07, 6.45) is 0.944. The van der Waals surface area contributed by atoms with Gasteiger partial charge in [0, 0.05) is 6.54 Å². The van der Waals surface area contributed by atoms with Crippen LogP contribution < -0.4 is 15.8 Å². The summed E-state index contributed by atoms with van der Waals surface area (Å²) in [5.41, 5.74) is 6.13. The zero-order valence-electron chi connectivity index (χ0n) is 10.7. The molecule has 0 aliphatic rings. The Balaban J connectivity index is 2.38. The maximum atomic E-state index is 11.5. The first kappa shape index (κ1) is 14.6. The molecule has 0 heterocycles.